The highest BCUT2D eigenvalue weighted by atomic mass is 79.9. The Hall–Kier alpha value is -2.97. The third-order valence-electron chi connectivity index (χ3n) is 5.99. The topological polar surface area (TPSA) is 69.9 Å². The Morgan fingerprint density at radius 2 is 1.89 bits per heavy atom. The lowest BCUT2D eigenvalue weighted by molar-refractivity contribution is -0.139. The molecule has 0 saturated carbocycles. The van der Waals surface area contributed by atoms with Crippen LogP contribution in [0.4, 0.5) is 0 Å². The number of allylic oxidation sites excluding steroid dienone is 1. The van der Waals surface area contributed by atoms with Gasteiger partial charge in [0.15, 0.2) is 4.80 Å². The smallest absolute Gasteiger partial charge is 0.338 e. The molecule has 0 bridgehead atoms. The van der Waals surface area contributed by atoms with Gasteiger partial charge in [-0.05, 0) is 77.5 Å². The van der Waals surface area contributed by atoms with Crippen LogP contribution in [0.1, 0.15) is 63.3 Å². The van der Waals surface area contributed by atoms with Crippen molar-refractivity contribution in [2.75, 3.05) is 13.2 Å². The van der Waals surface area contributed by atoms with E-state index in [0.717, 1.165) is 21.3 Å². The highest BCUT2D eigenvalue weighted by molar-refractivity contribution is 9.10. The molecule has 1 aliphatic heterocycles. The first-order valence-electron chi connectivity index (χ1n) is 12.0. The van der Waals surface area contributed by atoms with Crippen LogP contribution in [0, 0.1) is 0 Å². The van der Waals surface area contributed by atoms with Crippen molar-refractivity contribution in [1.29, 1.82) is 0 Å². The summed E-state index contributed by atoms with van der Waals surface area (Å²) in [4.78, 5) is 32.0. The highest BCUT2D eigenvalue weighted by Crippen LogP contribution is 2.31. The second-order valence-corrected chi connectivity index (χ2v) is 10.6. The Labute approximate surface area is 222 Å². The van der Waals surface area contributed by atoms with Crippen molar-refractivity contribution in [2.45, 2.75) is 46.6 Å². The minimum atomic E-state index is -0.615. The number of hydrogen-bond donors (Lipinski definition) is 0. The quantitative estimate of drug-likeness (QED) is 0.372. The van der Waals surface area contributed by atoms with Crippen molar-refractivity contribution in [1.82, 2.24) is 4.57 Å². The predicted molar refractivity (Wildman–Crippen MR) is 146 cm³/mol. The second-order valence-electron chi connectivity index (χ2n) is 8.75. The van der Waals surface area contributed by atoms with Crippen LogP contribution < -0.4 is 19.6 Å². The lowest BCUT2D eigenvalue weighted by Gasteiger charge is -2.25. The standard InChI is InChI=1S/C28H29BrN2O4S/c1-6-34-22-13-8-18(14-21(22)29)15-23-26(32)31-25(20-11-9-19(10-12-20)16(3)4)24(27(33)35-7-2)17(5)30-28(31)36-23/h8-16,25H,6-7H2,1-5H3/b23-15-/t25-/m0/s1. The zero-order valence-electron chi connectivity index (χ0n) is 21.0. The fraction of sp³-hybridized carbons (Fsp3) is 0.321. The maximum Gasteiger partial charge on any atom is 0.338 e. The van der Waals surface area contributed by atoms with E-state index < -0.39 is 12.0 Å². The van der Waals surface area contributed by atoms with Gasteiger partial charge in [0, 0.05) is 0 Å². The number of esters is 1. The molecule has 0 amide bonds. The Morgan fingerprint density at radius 3 is 2.50 bits per heavy atom. The minimum Gasteiger partial charge on any atom is -0.493 e. The summed E-state index contributed by atoms with van der Waals surface area (Å²) in [6, 6.07) is 13.1. The summed E-state index contributed by atoms with van der Waals surface area (Å²) in [5.41, 5.74) is 3.63. The van der Waals surface area contributed by atoms with Gasteiger partial charge >= 0.3 is 5.97 Å². The van der Waals surface area contributed by atoms with E-state index in [1.54, 1.807) is 18.4 Å². The molecule has 6 nitrogen and oxygen atoms in total. The maximum absolute atomic E-state index is 13.7. The van der Waals surface area contributed by atoms with Crippen molar-refractivity contribution in [2.24, 2.45) is 4.99 Å². The molecular weight excluding hydrogens is 540 g/mol. The number of fused-ring (bicyclic) bond motifs is 1. The van der Waals surface area contributed by atoms with Crippen molar-refractivity contribution in [3.63, 3.8) is 0 Å². The predicted octanol–water partition coefficient (Wildman–Crippen LogP) is 5.08. The molecule has 36 heavy (non-hydrogen) atoms. The van der Waals surface area contributed by atoms with E-state index in [9.17, 15) is 9.59 Å². The first-order chi connectivity index (χ1) is 17.2. The number of aromatic nitrogens is 1. The summed E-state index contributed by atoms with van der Waals surface area (Å²) in [5, 5.41) is 0. The molecule has 4 rings (SSSR count). The van der Waals surface area contributed by atoms with Gasteiger partial charge in [0.2, 0.25) is 0 Å². The number of carbonyl (C=O) groups excluding carboxylic acids is 1. The average molecular weight is 570 g/mol. The van der Waals surface area contributed by atoms with Crippen LogP contribution in [0.3, 0.4) is 0 Å². The summed E-state index contributed by atoms with van der Waals surface area (Å²) >= 11 is 4.85. The normalized spacial score (nSPS) is 15.6. The number of nitrogens with zero attached hydrogens (tertiary/aromatic N) is 2. The summed E-state index contributed by atoms with van der Waals surface area (Å²) in [6.45, 7) is 10.6. The first-order valence-corrected chi connectivity index (χ1v) is 13.6. The van der Waals surface area contributed by atoms with E-state index in [1.165, 1.54) is 16.9 Å². The first kappa shape index (κ1) is 26.1. The lowest BCUT2D eigenvalue weighted by Crippen LogP contribution is -2.39. The van der Waals surface area contributed by atoms with Crippen molar-refractivity contribution in [3.05, 3.63) is 94.6 Å². The van der Waals surface area contributed by atoms with Crippen LogP contribution in [0.25, 0.3) is 6.08 Å². The molecule has 8 heteroatoms. The largest absolute Gasteiger partial charge is 0.493 e. The number of carbonyl (C=O) groups is 1. The molecule has 0 spiro atoms. The van der Waals surface area contributed by atoms with Crippen LogP contribution >= 0.6 is 27.3 Å². The lowest BCUT2D eigenvalue weighted by atomic mass is 9.93. The fourth-order valence-corrected chi connectivity index (χ4v) is 5.76. The van der Waals surface area contributed by atoms with Gasteiger partial charge in [-0.1, -0.05) is 55.5 Å². The molecule has 1 atom stereocenters. The maximum atomic E-state index is 13.7. The van der Waals surface area contributed by atoms with Crippen molar-refractivity contribution >= 4 is 39.3 Å². The Morgan fingerprint density at radius 1 is 1.17 bits per heavy atom. The number of halogens is 1. The van der Waals surface area contributed by atoms with E-state index in [0.29, 0.717) is 33.1 Å². The zero-order chi connectivity index (χ0) is 26.0. The van der Waals surface area contributed by atoms with E-state index in [-0.39, 0.29) is 12.2 Å². The van der Waals surface area contributed by atoms with Crippen molar-refractivity contribution in [3.8, 4) is 5.75 Å². The third kappa shape index (κ3) is 5.11. The monoisotopic (exact) mass is 568 g/mol. The molecule has 2 heterocycles. The van der Waals surface area contributed by atoms with Gasteiger partial charge in [0.25, 0.3) is 5.56 Å². The molecule has 1 aromatic heterocycles. The molecule has 0 unspecified atom stereocenters. The van der Waals surface area contributed by atoms with Crippen LogP contribution in [0.15, 0.2) is 68.0 Å². The van der Waals surface area contributed by atoms with Crippen LogP contribution in [0.5, 0.6) is 5.75 Å². The van der Waals surface area contributed by atoms with Gasteiger partial charge in [0.1, 0.15) is 5.75 Å². The molecule has 188 valence electrons. The summed E-state index contributed by atoms with van der Waals surface area (Å²) in [7, 11) is 0. The molecule has 0 fully saturated rings. The van der Waals surface area contributed by atoms with Crippen LogP contribution in [-0.4, -0.2) is 23.8 Å². The molecule has 3 aromatic rings. The van der Waals surface area contributed by atoms with Crippen LogP contribution in [0.2, 0.25) is 0 Å². The van der Waals surface area contributed by atoms with Crippen LogP contribution in [-0.2, 0) is 9.53 Å². The molecule has 0 aliphatic carbocycles. The highest BCUT2D eigenvalue weighted by Gasteiger charge is 2.33. The van der Waals surface area contributed by atoms with Gasteiger partial charge in [-0.3, -0.25) is 9.36 Å². The molecular formula is C28H29BrN2O4S. The van der Waals surface area contributed by atoms with Gasteiger partial charge in [-0.2, -0.15) is 0 Å². The van der Waals surface area contributed by atoms with Gasteiger partial charge in [0.05, 0.1) is 39.5 Å². The van der Waals surface area contributed by atoms with E-state index in [1.807, 2.05) is 55.5 Å². The molecule has 0 radical (unpaired) electrons. The molecule has 0 N–H and O–H groups in total. The summed E-state index contributed by atoms with van der Waals surface area (Å²) < 4.78 is 13.9. The van der Waals surface area contributed by atoms with Crippen molar-refractivity contribution < 1.29 is 14.3 Å². The second kappa shape index (κ2) is 11.0. The van der Waals surface area contributed by atoms with E-state index in [2.05, 4.69) is 34.8 Å². The summed E-state index contributed by atoms with van der Waals surface area (Å²) in [6.07, 6.45) is 1.84. The van der Waals surface area contributed by atoms with E-state index in [4.69, 9.17) is 9.47 Å². The third-order valence-corrected chi connectivity index (χ3v) is 7.59. The minimum absolute atomic E-state index is 0.198. The summed E-state index contributed by atoms with van der Waals surface area (Å²) in [5.74, 6) is 0.661. The molecule has 0 saturated heterocycles. The number of rotatable bonds is 7. The molecule has 2 aromatic carbocycles. The average Bonchev–Trinajstić information content (AvgIpc) is 3.14. The Kier molecular flexibility index (Phi) is 7.95. The van der Waals surface area contributed by atoms with Gasteiger partial charge in [-0.15, -0.1) is 0 Å². The number of benzene rings is 2. The zero-order valence-corrected chi connectivity index (χ0v) is 23.4. The number of hydrogen-bond acceptors (Lipinski definition) is 6. The number of ether oxygens (including phenoxy) is 2. The van der Waals surface area contributed by atoms with Gasteiger partial charge < -0.3 is 9.47 Å². The number of thiazole rings is 1. The Bertz CT molecular complexity index is 1500. The fourth-order valence-electron chi connectivity index (χ4n) is 4.20. The van der Waals surface area contributed by atoms with E-state index >= 15 is 0 Å². The van der Waals surface area contributed by atoms with Gasteiger partial charge in [-0.25, -0.2) is 9.79 Å². The molecule has 1 aliphatic rings. The SMILES string of the molecule is CCOC(=O)C1=C(C)N=c2s/c(=C\c3ccc(OCC)c(Br)c3)c(=O)n2[C@H]1c1ccc(C(C)C)cc1. The Balaban J connectivity index is 1.89.